The average Bonchev–Trinajstić information content (AvgIpc) is 3.88. The molecule has 16 nitrogen and oxygen atoms in total. The van der Waals surface area contributed by atoms with Crippen LogP contribution in [0.5, 0.6) is 6.01 Å². The van der Waals surface area contributed by atoms with E-state index in [1.54, 1.807) is 12.1 Å². The molecular formula is C32H36ClF3N8O8. The van der Waals surface area contributed by atoms with Gasteiger partial charge in [-0.05, 0) is 54.8 Å². The molecule has 0 unspecified atom stereocenters. The lowest BCUT2D eigenvalue weighted by atomic mass is 10.1. The normalized spacial score (nSPS) is 13.7. The van der Waals surface area contributed by atoms with Crippen LogP contribution < -0.4 is 26.0 Å². The molecule has 3 aromatic rings. The first-order chi connectivity index (χ1) is 24.7. The van der Waals surface area contributed by atoms with Gasteiger partial charge in [0.05, 0.1) is 25.4 Å². The fourth-order valence-corrected chi connectivity index (χ4v) is 4.61. The summed E-state index contributed by atoms with van der Waals surface area (Å²) in [6.07, 6.45) is -3.25. The highest BCUT2D eigenvalue weighted by Gasteiger charge is 2.45. The van der Waals surface area contributed by atoms with E-state index in [4.69, 9.17) is 30.9 Å². The number of nitrogens with zero attached hydrogens (tertiary/aromatic N) is 4. The van der Waals surface area contributed by atoms with Crippen LogP contribution in [0, 0.1) is 0 Å². The van der Waals surface area contributed by atoms with E-state index in [0.717, 1.165) is 10.5 Å². The fraction of sp³-hybridized carbons (Fsp3) is 0.406. The molecule has 1 aliphatic rings. The summed E-state index contributed by atoms with van der Waals surface area (Å²) in [5.41, 5.74) is 0.701. The Bertz CT molecular complexity index is 1710. The molecule has 0 spiro atoms. The van der Waals surface area contributed by atoms with Gasteiger partial charge in [-0.1, -0.05) is 23.7 Å². The van der Waals surface area contributed by atoms with Gasteiger partial charge in [0.25, 0.3) is 5.91 Å². The molecule has 3 amide bonds. The van der Waals surface area contributed by atoms with Crippen molar-refractivity contribution in [1.29, 1.82) is 0 Å². The second-order valence-electron chi connectivity index (χ2n) is 11.5. The summed E-state index contributed by atoms with van der Waals surface area (Å²) in [6.45, 7) is -2.57. The Balaban J connectivity index is 1.46. The van der Waals surface area contributed by atoms with E-state index in [2.05, 4.69) is 36.2 Å². The van der Waals surface area contributed by atoms with Gasteiger partial charge in [0.1, 0.15) is 12.6 Å². The second kappa shape index (κ2) is 17.8. The molecule has 5 N–H and O–H groups in total. The van der Waals surface area contributed by atoms with Crippen molar-refractivity contribution in [3.05, 3.63) is 64.7 Å². The Morgan fingerprint density at radius 3 is 2.25 bits per heavy atom. The minimum atomic E-state index is -4.65. The van der Waals surface area contributed by atoms with Gasteiger partial charge in [-0.2, -0.15) is 28.1 Å². The number of alkyl halides is 3. The summed E-state index contributed by atoms with van der Waals surface area (Å²) in [5, 5.41) is 20.1. The number of hydrogen-bond donors (Lipinski definition) is 5. The number of carbonyl (C=O) groups is 4. The summed E-state index contributed by atoms with van der Waals surface area (Å²) >= 11 is 6.02. The maximum atomic E-state index is 13.1. The third-order valence-electron chi connectivity index (χ3n) is 7.25. The minimum absolute atomic E-state index is 0.0225. The number of ether oxygens (including phenoxy) is 3. The molecule has 4 rings (SSSR count). The van der Waals surface area contributed by atoms with Crippen molar-refractivity contribution in [2.24, 2.45) is 0 Å². The van der Waals surface area contributed by atoms with Gasteiger partial charge in [-0.3, -0.25) is 14.4 Å². The van der Waals surface area contributed by atoms with Gasteiger partial charge in [0.2, 0.25) is 11.9 Å². The molecule has 280 valence electrons. The first-order valence-corrected chi connectivity index (χ1v) is 16.1. The van der Waals surface area contributed by atoms with E-state index < -0.39 is 60.6 Å². The topological polar surface area (TPSA) is 206 Å². The number of carbonyl (C=O) groups excluding carboxylic acids is 4. The van der Waals surface area contributed by atoms with Crippen LogP contribution in [-0.2, 0) is 29.4 Å². The molecule has 0 saturated heterocycles. The SMILES string of the molecule is CN(C)C(=O)C(=O)NC[C@H](NC(=O)c1ccc(Nc2nc(NC3(c4ccc(Cl)cc4)CC3)nc(OCC(F)(F)F)n2)cc1)C(=O)OCCOCCO. The van der Waals surface area contributed by atoms with Crippen molar-refractivity contribution >= 4 is 52.9 Å². The molecule has 0 aliphatic heterocycles. The Labute approximate surface area is 300 Å². The number of hydrogen-bond acceptors (Lipinski definition) is 13. The maximum absolute atomic E-state index is 13.1. The molecule has 0 radical (unpaired) electrons. The highest BCUT2D eigenvalue weighted by Crippen LogP contribution is 2.48. The van der Waals surface area contributed by atoms with Crippen LogP contribution in [0.4, 0.5) is 30.8 Å². The number of aromatic nitrogens is 3. The first-order valence-electron chi connectivity index (χ1n) is 15.7. The highest BCUT2D eigenvalue weighted by atomic mass is 35.5. The Morgan fingerprint density at radius 2 is 1.63 bits per heavy atom. The van der Waals surface area contributed by atoms with Crippen LogP contribution in [0.2, 0.25) is 5.02 Å². The van der Waals surface area contributed by atoms with E-state index in [-0.39, 0.29) is 43.9 Å². The van der Waals surface area contributed by atoms with Crippen LogP contribution in [0.3, 0.4) is 0 Å². The standard InChI is InChI=1S/C32H36ClF3N8O8/c1-44(2)26(48)25(47)37-17-23(27(49)51-16-15-50-14-13-45)39-24(46)19-3-9-22(10-4-19)38-28-40-29(42-30(41-28)52-18-32(34,35)36)43-31(11-12-31)20-5-7-21(33)8-6-20/h3-10,23,45H,11-18H2,1-2H3,(H,37,47)(H,39,46)(H2,38,40,41,42,43)/t23-/m0/s1. The zero-order valence-corrected chi connectivity index (χ0v) is 28.7. The lowest BCUT2D eigenvalue weighted by Crippen LogP contribution is -2.51. The van der Waals surface area contributed by atoms with E-state index >= 15 is 0 Å². The quantitative estimate of drug-likeness (QED) is 0.0763. The van der Waals surface area contributed by atoms with Gasteiger partial charge < -0.3 is 45.5 Å². The van der Waals surface area contributed by atoms with Crippen LogP contribution in [-0.4, -0.2) is 115 Å². The van der Waals surface area contributed by atoms with Crippen molar-refractivity contribution in [3.8, 4) is 6.01 Å². The molecule has 1 atom stereocenters. The molecule has 0 bridgehead atoms. The predicted molar refractivity (Wildman–Crippen MR) is 179 cm³/mol. The molecule has 1 aromatic heterocycles. The number of aliphatic hydroxyl groups excluding tert-OH is 1. The lowest BCUT2D eigenvalue weighted by Gasteiger charge is -2.19. The van der Waals surface area contributed by atoms with Crippen molar-refractivity contribution in [2.75, 3.05) is 64.3 Å². The van der Waals surface area contributed by atoms with E-state index in [0.29, 0.717) is 23.6 Å². The predicted octanol–water partition coefficient (Wildman–Crippen LogP) is 2.17. The zero-order chi connectivity index (χ0) is 37.9. The number of amides is 3. The van der Waals surface area contributed by atoms with E-state index in [1.165, 1.54) is 38.4 Å². The van der Waals surface area contributed by atoms with E-state index in [1.807, 2.05) is 12.1 Å². The number of aliphatic hydroxyl groups is 1. The fourth-order valence-electron chi connectivity index (χ4n) is 4.48. The number of nitrogens with one attached hydrogen (secondary N) is 4. The maximum Gasteiger partial charge on any atom is 0.422 e. The summed E-state index contributed by atoms with van der Waals surface area (Å²) in [5.74, 6) is -3.77. The molecule has 2 aromatic carbocycles. The third kappa shape index (κ3) is 11.9. The van der Waals surface area contributed by atoms with Crippen molar-refractivity contribution < 1.29 is 51.7 Å². The molecule has 1 heterocycles. The van der Waals surface area contributed by atoms with Gasteiger partial charge in [0.15, 0.2) is 6.61 Å². The van der Waals surface area contributed by atoms with Gasteiger partial charge >= 0.3 is 30.0 Å². The highest BCUT2D eigenvalue weighted by molar-refractivity contribution is 6.34. The molecule has 52 heavy (non-hydrogen) atoms. The smallest absolute Gasteiger partial charge is 0.422 e. The zero-order valence-electron chi connectivity index (χ0n) is 28.0. The molecule has 1 aliphatic carbocycles. The average molecular weight is 753 g/mol. The van der Waals surface area contributed by atoms with E-state index in [9.17, 15) is 32.3 Å². The minimum Gasteiger partial charge on any atom is -0.462 e. The Morgan fingerprint density at radius 1 is 0.962 bits per heavy atom. The van der Waals surface area contributed by atoms with Crippen LogP contribution in [0.1, 0.15) is 28.8 Å². The molecule has 1 fully saturated rings. The Hall–Kier alpha value is -5.27. The van der Waals surface area contributed by atoms with Crippen molar-refractivity contribution in [3.63, 3.8) is 0 Å². The van der Waals surface area contributed by atoms with Gasteiger partial charge in [-0.25, -0.2) is 4.79 Å². The summed E-state index contributed by atoms with van der Waals surface area (Å²) < 4.78 is 53.8. The Kier molecular flexibility index (Phi) is 13.5. The number of esters is 1. The van der Waals surface area contributed by atoms with Crippen molar-refractivity contribution in [1.82, 2.24) is 30.5 Å². The number of halogens is 4. The number of anilines is 3. The number of likely N-dealkylation sites (N-methyl/N-ethyl adjacent to an activating group) is 1. The largest absolute Gasteiger partial charge is 0.462 e. The third-order valence-corrected chi connectivity index (χ3v) is 7.50. The van der Waals surface area contributed by atoms with Crippen LogP contribution >= 0.6 is 11.6 Å². The molecule has 20 heteroatoms. The number of rotatable bonds is 17. The van der Waals surface area contributed by atoms with Crippen LogP contribution in [0.25, 0.3) is 0 Å². The van der Waals surface area contributed by atoms with Gasteiger partial charge in [0, 0.05) is 36.9 Å². The lowest BCUT2D eigenvalue weighted by molar-refractivity contribution is -0.154. The molecule has 1 saturated carbocycles. The van der Waals surface area contributed by atoms with Gasteiger partial charge in [-0.15, -0.1) is 0 Å². The summed E-state index contributed by atoms with van der Waals surface area (Å²) in [6, 6.07) is 10.7. The number of benzene rings is 2. The second-order valence-corrected chi connectivity index (χ2v) is 12.0. The molecular weight excluding hydrogens is 717 g/mol. The van der Waals surface area contributed by atoms with Crippen LogP contribution in [0.15, 0.2) is 48.5 Å². The monoisotopic (exact) mass is 752 g/mol. The summed E-state index contributed by atoms with van der Waals surface area (Å²) in [4.78, 5) is 63.3. The summed E-state index contributed by atoms with van der Waals surface area (Å²) in [7, 11) is 2.73. The first kappa shape index (κ1) is 39.5. The van der Waals surface area contributed by atoms with Crippen molar-refractivity contribution in [2.45, 2.75) is 30.6 Å².